The Labute approximate surface area is 126 Å². The molecule has 2 heterocycles. The summed E-state index contributed by atoms with van der Waals surface area (Å²) < 4.78 is 14.6. The van der Waals surface area contributed by atoms with Crippen molar-refractivity contribution in [3.8, 4) is 5.82 Å². The number of benzene rings is 1. The summed E-state index contributed by atoms with van der Waals surface area (Å²) in [5.74, 6) is 0.402. The molecule has 0 aliphatic rings. The SMILES string of the molecule is Fc1ccc(CNc2ccc(-n3cccn3)nc2)c(Cl)c1. The van der Waals surface area contributed by atoms with Crippen LogP contribution >= 0.6 is 11.6 Å². The molecule has 0 saturated carbocycles. The first-order valence-electron chi connectivity index (χ1n) is 6.36. The molecule has 3 aromatic rings. The van der Waals surface area contributed by atoms with Crippen LogP contribution < -0.4 is 5.32 Å². The molecule has 6 heteroatoms. The van der Waals surface area contributed by atoms with Crippen molar-refractivity contribution in [3.05, 3.63) is 71.4 Å². The highest BCUT2D eigenvalue weighted by Crippen LogP contribution is 2.19. The van der Waals surface area contributed by atoms with E-state index in [4.69, 9.17) is 11.6 Å². The number of pyridine rings is 1. The molecule has 0 unspecified atom stereocenters. The van der Waals surface area contributed by atoms with E-state index in [2.05, 4.69) is 15.4 Å². The summed E-state index contributed by atoms with van der Waals surface area (Å²) in [5.41, 5.74) is 1.68. The maximum atomic E-state index is 13.0. The monoisotopic (exact) mass is 302 g/mol. The Hall–Kier alpha value is -2.40. The minimum absolute atomic E-state index is 0.339. The third kappa shape index (κ3) is 3.20. The van der Waals surface area contributed by atoms with Crippen LogP contribution in [0.4, 0.5) is 10.1 Å². The van der Waals surface area contributed by atoms with Gasteiger partial charge in [0.05, 0.1) is 11.9 Å². The number of rotatable bonds is 4. The van der Waals surface area contributed by atoms with E-state index in [9.17, 15) is 4.39 Å². The molecule has 0 amide bonds. The van der Waals surface area contributed by atoms with Crippen LogP contribution in [0.2, 0.25) is 5.02 Å². The predicted molar refractivity (Wildman–Crippen MR) is 80.1 cm³/mol. The minimum Gasteiger partial charge on any atom is -0.380 e. The van der Waals surface area contributed by atoms with Crippen LogP contribution in [-0.2, 0) is 6.54 Å². The maximum Gasteiger partial charge on any atom is 0.153 e. The molecule has 4 nitrogen and oxygen atoms in total. The van der Waals surface area contributed by atoms with Crippen LogP contribution in [0.25, 0.3) is 5.82 Å². The third-order valence-electron chi connectivity index (χ3n) is 2.99. The molecular formula is C15H12ClFN4. The topological polar surface area (TPSA) is 42.7 Å². The lowest BCUT2D eigenvalue weighted by Crippen LogP contribution is -2.02. The Bertz CT molecular complexity index is 726. The summed E-state index contributed by atoms with van der Waals surface area (Å²) in [4.78, 5) is 4.31. The smallest absolute Gasteiger partial charge is 0.153 e. The number of nitrogens with one attached hydrogen (secondary N) is 1. The van der Waals surface area contributed by atoms with Crippen molar-refractivity contribution in [3.63, 3.8) is 0 Å². The Kier molecular flexibility index (Phi) is 3.83. The number of halogens is 2. The highest BCUT2D eigenvalue weighted by Gasteiger charge is 2.03. The van der Waals surface area contributed by atoms with Crippen LogP contribution in [0.1, 0.15) is 5.56 Å². The highest BCUT2D eigenvalue weighted by molar-refractivity contribution is 6.31. The Morgan fingerprint density at radius 2 is 2.14 bits per heavy atom. The first-order chi connectivity index (χ1) is 10.2. The second kappa shape index (κ2) is 5.93. The van der Waals surface area contributed by atoms with Crippen molar-refractivity contribution in [2.75, 3.05) is 5.32 Å². The molecule has 0 fully saturated rings. The lowest BCUT2D eigenvalue weighted by atomic mass is 10.2. The number of nitrogens with zero attached hydrogens (tertiary/aromatic N) is 3. The lowest BCUT2D eigenvalue weighted by molar-refractivity contribution is 0.627. The van der Waals surface area contributed by atoms with Gasteiger partial charge in [-0.1, -0.05) is 17.7 Å². The van der Waals surface area contributed by atoms with E-state index >= 15 is 0 Å². The highest BCUT2D eigenvalue weighted by atomic mass is 35.5. The van der Waals surface area contributed by atoms with Crippen LogP contribution in [0.5, 0.6) is 0 Å². The van der Waals surface area contributed by atoms with E-state index in [0.29, 0.717) is 11.6 Å². The van der Waals surface area contributed by atoms with E-state index in [1.807, 2.05) is 24.4 Å². The molecule has 0 radical (unpaired) electrons. The van der Waals surface area contributed by atoms with Gasteiger partial charge >= 0.3 is 0 Å². The molecule has 1 aromatic carbocycles. The largest absolute Gasteiger partial charge is 0.380 e. The average Bonchev–Trinajstić information content (AvgIpc) is 3.01. The van der Waals surface area contributed by atoms with Gasteiger partial charge in [0.25, 0.3) is 0 Å². The van der Waals surface area contributed by atoms with E-state index in [1.54, 1.807) is 23.1 Å². The zero-order valence-electron chi connectivity index (χ0n) is 11.0. The molecule has 0 saturated heterocycles. The molecule has 2 aromatic heterocycles. The van der Waals surface area contributed by atoms with Gasteiger partial charge in [-0.3, -0.25) is 0 Å². The zero-order valence-corrected chi connectivity index (χ0v) is 11.8. The first-order valence-corrected chi connectivity index (χ1v) is 6.74. The Balaban J connectivity index is 1.68. The molecule has 1 N–H and O–H groups in total. The van der Waals surface area contributed by atoms with Gasteiger partial charge in [-0.2, -0.15) is 5.10 Å². The van der Waals surface area contributed by atoms with Crippen molar-refractivity contribution < 1.29 is 4.39 Å². The second-order valence-electron chi connectivity index (χ2n) is 4.44. The van der Waals surface area contributed by atoms with Gasteiger partial charge < -0.3 is 5.32 Å². The summed E-state index contributed by atoms with van der Waals surface area (Å²) in [7, 11) is 0. The minimum atomic E-state index is -0.339. The molecule has 0 bridgehead atoms. The fourth-order valence-corrected chi connectivity index (χ4v) is 2.13. The van der Waals surface area contributed by atoms with Crippen LogP contribution in [0, 0.1) is 5.82 Å². The van der Waals surface area contributed by atoms with Crippen molar-refractivity contribution in [1.82, 2.24) is 14.8 Å². The van der Waals surface area contributed by atoms with Crippen LogP contribution in [0.15, 0.2) is 55.0 Å². The summed E-state index contributed by atoms with van der Waals surface area (Å²) in [5, 5.41) is 7.71. The lowest BCUT2D eigenvalue weighted by Gasteiger charge is -2.08. The van der Waals surface area contributed by atoms with Gasteiger partial charge in [-0.05, 0) is 35.9 Å². The second-order valence-corrected chi connectivity index (χ2v) is 4.85. The standard InChI is InChI=1S/C15H12ClFN4/c16-14-8-12(17)3-2-11(14)9-18-13-4-5-15(19-10-13)21-7-1-6-20-21/h1-8,10,18H,9H2. The molecule has 3 rings (SSSR count). The van der Waals surface area contributed by atoms with Crippen LogP contribution in [-0.4, -0.2) is 14.8 Å². The fraction of sp³-hybridized carbons (Fsp3) is 0.0667. The summed E-state index contributed by atoms with van der Waals surface area (Å²) in [6.07, 6.45) is 5.24. The number of aromatic nitrogens is 3. The van der Waals surface area contributed by atoms with E-state index < -0.39 is 0 Å². The normalized spacial score (nSPS) is 10.6. The molecule has 0 aliphatic carbocycles. The molecule has 106 valence electrons. The summed E-state index contributed by atoms with van der Waals surface area (Å²) in [6.45, 7) is 0.502. The van der Waals surface area contributed by atoms with Gasteiger partial charge in [0, 0.05) is 24.0 Å². The molecule has 0 aliphatic heterocycles. The first kappa shape index (κ1) is 13.6. The number of anilines is 1. The summed E-state index contributed by atoms with van der Waals surface area (Å²) in [6, 6.07) is 9.96. The van der Waals surface area contributed by atoms with Crippen molar-refractivity contribution >= 4 is 17.3 Å². The fourth-order valence-electron chi connectivity index (χ4n) is 1.89. The van der Waals surface area contributed by atoms with E-state index in [0.717, 1.165) is 17.1 Å². The Morgan fingerprint density at radius 3 is 2.81 bits per heavy atom. The zero-order chi connectivity index (χ0) is 14.7. The van der Waals surface area contributed by atoms with Gasteiger partial charge in [0.15, 0.2) is 5.82 Å². The van der Waals surface area contributed by atoms with Crippen molar-refractivity contribution in [1.29, 1.82) is 0 Å². The average molecular weight is 303 g/mol. The molecule has 21 heavy (non-hydrogen) atoms. The number of hydrogen-bond donors (Lipinski definition) is 1. The van der Waals surface area contributed by atoms with E-state index in [-0.39, 0.29) is 5.82 Å². The van der Waals surface area contributed by atoms with Gasteiger partial charge in [-0.15, -0.1) is 0 Å². The van der Waals surface area contributed by atoms with E-state index in [1.165, 1.54) is 12.1 Å². The van der Waals surface area contributed by atoms with Crippen LogP contribution in [0.3, 0.4) is 0 Å². The summed E-state index contributed by atoms with van der Waals surface area (Å²) >= 11 is 5.98. The van der Waals surface area contributed by atoms with Crippen molar-refractivity contribution in [2.24, 2.45) is 0 Å². The molecule has 0 atom stereocenters. The Morgan fingerprint density at radius 1 is 1.24 bits per heavy atom. The molecule has 0 spiro atoms. The van der Waals surface area contributed by atoms with Gasteiger partial charge in [-0.25, -0.2) is 14.1 Å². The third-order valence-corrected chi connectivity index (χ3v) is 3.34. The van der Waals surface area contributed by atoms with Gasteiger partial charge in [0.2, 0.25) is 0 Å². The quantitative estimate of drug-likeness (QED) is 0.799. The van der Waals surface area contributed by atoms with Crippen molar-refractivity contribution in [2.45, 2.75) is 6.54 Å². The maximum absolute atomic E-state index is 13.0. The molecular weight excluding hydrogens is 291 g/mol. The number of hydrogen-bond acceptors (Lipinski definition) is 3. The van der Waals surface area contributed by atoms with Gasteiger partial charge in [0.1, 0.15) is 5.82 Å². The predicted octanol–water partition coefficient (Wildman–Crippen LogP) is 3.67.